The molecule has 1 aromatic heterocycles. The van der Waals surface area contributed by atoms with Gasteiger partial charge in [-0.15, -0.1) is 0 Å². The van der Waals surface area contributed by atoms with Gasteiger partial charge in [0.1, 0.15) is 5.75 Å². The van der Waals surface area contributed by atoms with Crippen molar-refractivity contribution in [3.63, 3.8) is 0 Å². The molecular weight excluding hydrogens is 342 g/mol. The third-order valence-corrected chi connectivity index (χ3v) is 4.90. The van der Waals surface area contributed by atoms with Gasteiger partial charge in [0, 0.05) is 30.6 Å². The van der Waals surface area contributed by atoms with E-state index >= 15 is 0 Å². The fourth-order valence-electron chi connectivity index (χ4n) is 3.19. The SMILES string of the molecule is Cc1cc(=O)n(CC2CC2)c2cc(OCC(=O)NCCCN(C)C)ccc12. The average Bonchev–Trinajstić information content (AvgIpc) is 3.44. The van der Waals surface area contributed by atoms with Crippen molar-refractivity contribution in [2.45, 2.75) is 32.7 Å². The second-order valence-corrected chi connectivity index (χ2v) is 7.69. The lowest BCUT2D eigenvalue weighted by atomic mass is 10.1. The van der Waals surface area contributed by atoms with Crippen molar-refractivity contribution in [1.29, 1.82) is 0 Å². The van der Waals surface area contributed by atoms with Gasteiger partial charge in [-0.3, -0.25) is 9.59 Å². The van der Waals surface area contributed by atoms with Gasteiger partial charge in [0.2, 0.25) is 0 Å². The Morgan fingerprint density at radius 3 is 2.78 bits per heavy atom. The van der Waals surface area contributed by atoms with Gasteiger partial charge in [-0.25, -0.2) is 0 Å². The minimum Gasteiger partial charge on any atom is -0.484 e. The summed E-state index contributed by atoms with van der Waals surface area (Å²) in [5, 5.41) is 3.92. The number of amides is 1. The summed E-state index contributed by atoms with van der Waals surface area (Å²) in [7, 11) is 4.02. The lowest BCUT2D eigenvalue weighted by Gasteiger charge is -2.14. The number of carbonyl (C=O) groups is 1. The number of aryl methyl sites for hydroxylation is 1. The summed E-state index contributed by atoms with van der Waals surface area (Å²) in [5.74, 6) is 1.08. The van der Waals surface area contributed by atoms with E-state index in [0.29, 0.717) is 18.2 Å². The van der Waals surface area contributed by atoms with Gasteiger partial charge < -0.3 is 19.5 Å². The molecule has 6 nitrogen and oxygen atoms in total. The van der Waals surface area contributed by atoms with Crippen LogP contribution in [0.15, 0.2) is 29.1 Å². The third-order valence-electron chi connectivity index (χ3n) is 4.90. The van der Waals surface area contributed by atoms with Gasteiger partial charge in [-0.1, -0.05) is 0 Å². The van der Waals surface area contributed by atoms with E-state index in [1.165, 1.54) is 12.8 Å². The van der Waals surface area contributed by atoms with E-state index in [9.17, 15) is 9.59 Å². The molecule has 1 aliphatic rings. The quantitative estimate of drug-likeness (QED) is 0.686. The van der Waals surface area contributed by atoms with Gasteiger partial charge in [0.15, 0.2) is 6.61 Å². The van der Waals surface area contributed by atoms with Crippen LogP contribution in [0, 0.1) is 12.8 Å². The number of nitrogens with zero attached hydrogens (tertiary/aromatic N) is 2. The predicted molar refractivity (Wildman–Crippen MR) is 107 cm³/mol. The number of benzene rings is 1. The zero-order chi connectivity index (χ0) is 19.4. The summed E-state index contributed by atoms with van der Waals surface area (Å²) in [5.41, 5.74) is 1.88. The number of hydrogen-bond acceptors (Lipinski definition) is 4. The van der Waals surface area contributed by atoms with Gasteiger partial charge in [0.25, 0.3) is 11.5 Å². The minimum atomic E-state index is -0.131. The van der Waals surface area contributed by atoms with Crippen molar-refractivity contribution < 1.29 is 9.53 Å². The Morgan fingerprint density at radius 2 is 2.07 bits per heavy atom. The van der Waals surface area contributed by atoms with Crippen molar-refractivity contribution in [1.82, 2.24) is 14.8 Å². The standard InChI is InChI=1S/C21H29N3O3/c1-15-11-21(26)24(13-16-5-6-16)19-12-17(7-8-18(15)19)27-14-20(25)22-9-4-10-23(2)3/h7-8,11-12,16H,4-6,9-10,13-14H2,1-3H3,(H,22,25). The molecule has 0 unspecified atom stereocenters. The highest BCUT2D eigenvalue weighted by Crippen LogP contribution is 2.32. The highest BCUT2D eigenvalue weighted by atomic mass is 16.5. The largest absolute Gasteiger partial charge is 0.484 e. The molecule has 2 aromatic rings. The van der Waals surface area contributed by atoms with Crippen LogP contribution in [0.2, 0.25) is 0 Å². The Labute approximate surface area is 160 Å². The highest BCUT2D eigenvalue weighted by molar-refractivity contribution is 5.84. The molecule has 146 valence electrons. The van der Waals surface area contributed by atoms with Crippen molar-refractivity contribution in [3.8, 4) is 5.75 Å². The van der Waals surface area contributed by atoms with Gasteiger partial charge in [0.05, 0.1) is 5.52 Å². The Kier molecular flexibility index (Phi) is 6.16. The molecule has 0 aliphatic heterocycles. The molecule has 1 heterocycles. The number of carbonyl (C=O) groups excluding carboxylic acids is 1. The van der Waals surface area contributed by atoms with Crippen LogP contribution in [-0.2, 0) is 11.3 Å². The van der Waals surface area contributed by atoms with E-state index in [2.05, 4.69) is 10.2 Å². The van der Waals surface area contributed by atoms with Crippen LogP contribution in [0.3, 0.4) is 0 Å². The maximum Gasteiger partial charge on any atom is 0.257 e. The summed E-state index contributed by atoms with van der Waals surface area (Å²) in [6.45, 7) is 4.26. The molecule has 1 aromatic carbocycles. The number of fused-ring (bicyclic) bond motifs is 1. The first-order valence-electron chi connectivity index (χ1n) is 9.62. The maximum atomic E-state index is 12.4. The molecule has 1 amide bonds. The van der Waals surface area contributed by atoms with Gasteiger partial charge in [-0.2, -0.15) is 0 Å². The van der Waals surface area contributed by atoms with E-state index in [0.717, 1.165) is 36.0 Å². The van der Waals surface area contributed by atoms with Gasteiger partial charge >= 0.3 is 0 Å². The summed E-state index contributed by atoms with van der Waals surface area (Å²) in [4.78, 5) is 26.5. The smallest absolute Gasteiger partial charge is 0.257 e. The number of pyridine rings is 1. The molecule has 1 N–H and O–H groups in total. The van der Waals surface area contributed by atoms with Crippen molar-refractivity contribution in [3.05, 3.63) is 40.2 Å². The van der Waals surface area contributed by atoms with Crippen LogP contribution < -0.4 is 15.6 Å². The number of aromatic nitrogens is 1. The number of nitrogens with one attached hydrogen (secondary N) is 1. The van der Waals surface area contributed by atoms with E-state index in [4.69, 9.17) is 4.74 Å². The van der Waals surface area contributed by atoms with Gasteiger partial charge in [-0.05, 0) is 70.4 Å². The van der Waals surface area contributed by atoms with Crippen LogP contribution in [0.1, 0.15) is 24.8 Å². The molecule has 1 fully saturated rings. The Bertz CT molecular complexity index is 869. The number of ether oxygens (including phenoxy) is 1. The molecule has 1 saturated carbocycles. The van der Waals surface area contributed by atoms with E-state index in [1.807, 2.05) is 43.8 Å². The summed E-state index contributed by atoms with van der Waals surface area (Å²) in [6, 6.07) is 7.41. The highest BCUT2D eigenvalue weighted by Gasteiger charge is 2.23. The average molecular weight is 371 g/mol. The molecule has 0 radical (unpaired) electrons. The molecular formula is C21H29N3O3. The molecule has 3 rings (SSSR count). The summed E-state index contributed by atoms with van der Waals surface area (Å²) < 4.78 is 7.51. The normalized spacial score (nSPS) is 13.9. The van der Waals surface area contributed by atoms with Crippen LogP contribution in [0.25, 0.3) is 10.9 Å². The first-order valence-corrected chi connectivity index (χ1v) is 9.62. The zero-order valence-corrected chi connectivity index (χ0v) is 16.5. The zero-order valence-electron chi connectivity index (χ0n) is 16.5. The van der Waals surface area contributed by atoms with Crippen LogP contribution in [0.4, 0.5) is 0 Å². The fourth-order valence-corrected chi connectivity index (χ4v) is 3.19. The lowest BCUT2D eigenvalue weighted by molar-refractivity contribution is -0.123. The third kappa shape index (κ3) is 5.32. The first kappa shape index (κ1) is 19.4. The molecule has 1 aliphatic carbocycles. The maximum absolute atomic E-state index is 12.4. The Hall–Kier alpha value is -2.34. The van der Waals surface area contributed by atoms with Crippen molar-refractivity contribution in [2.75, 3.05) is 33.8 Å². The van der Waals surface area contributed by atoms with E-state index in [-0.39, 0.29) is 18.1 Å². The van der Waals surface area contributed by atoms with Crippen LogP contribution in [0.5, 0.6) is 5.75 Å². The molecule has 27 heavy (non-hydrogen) atoms. The van der Waals surface area contributed by atoms with Crippen LogP contribution >= 0.6 is 0 Å². The second kappa shape index (κ2) is 8.57. The minimum absolute atomic E-state index is 0.0217. The second-order valence-electron chi connectivity index (χ2n) is 7.69. The number of rotatable bonds is 9. The molecule has 0 saturated heterocycles. The molecule has 6 heteroatoms. The monoisotopic (exact) mass is 371 g/mol. The van der Waals surface area contributed by atoms with Crippen molar-refractivity contribution in [2.24, 2.45) is 5.92 Å². The lowest BCUT2D eigenvalue weighted by Crippen LogP contribution is -2.31. The Morgan fingerprint density at radius 1 is 1.30 bits per heavy atom. The van der Waals surface area contributed by atoms with Crippen molar-refractivity contribution >= 4 is 16.8 Å². The Balaban J connectivity index is 1.66. The molecule has 0 spiro atoms. The predicted octanol–water partition coefficient (Wildman–Crippen LogP) is 2.17. The fraction of sp³-hybridized carbons (Fsp3) is 0.524. The topological polar surface area (TPSA) is 63.6 Å². The summed E-state index contributed by atoms with van der Waals surface area (Å²) >= 11 is 0. The first-order chi connectivity index (χ1) is 12.9. The number of hydrogen-bond donors (Lipinski definition) is 1. The molecule has 0 bridgehead atoms. The van der Waals surface area contributed by atoms with Crippen LogP contribution in [-0.4, -0.2) is 49.2 Å². The van der Waals surface area contributed by atoms with E-state index < -0.39 is 0 Å². The molecule has 0 atom stereocenters. The summed E-state index contributed by atoms with van der Waals surface area (Å²) in [6.07, 6.45) is 3.28. The van der Waals surface area contributed by atoms with E-state index in [1.54, 1.807) is 6.07 Å².